The molecule has 0 spiro atoms. The number of benzene rings is 2. The average Bonchev–Trinajstić information content (AvgIpc) is 3.27. The SMILES string of the molecule is COc1cc(OC)nc(NC(=O)CSc2nnc(-c3ccc(Cl)cc3)n2-c2cccc(C)c2)n1. The second kappa shape index (κ2) is 10.5. The van der Waals surface area contributed by atoms with E-state index in [0.717, 1.165) is 16.8 Å². The molecule has 1 N–H and O–H groups in total. The quantitative estimate of drug-likeness (QED) is 0.357. The fraction of sp³-hybridized carbons (Fsp3) is 0.174. The standard InChI is InChI=1S/C23H21ClN6O3S/c1-14-5-4-6-17(11-14)30-21(15-7-9-16(24)10-8-15)28-29-23(30)34-13-18(31)25-22-26-19(32-2)12-20(27-22)33-3/h4-12H,13H2,1-3H3,(H,25,26,27,31). The molecule has 0 saturated carbocycles. The van der Waals surface area contributed by atoms with Crippen LogP contribution in [-0.2, 0) is 4.79 Å². The highest BCUT2D eigenvalue weighted by Gasteiger charge is 2.18. The highest BCUT2D eigenvalue weighted by Crippen LogP contribution is 2.29. The van der Waals surface area contributed by atoms with E-state index >= 15 is 0 Å². The molecule has 0 bridgehead atoms. The zero-order valence-corrected chi connectivity index (χ0v) is 20.2. The van der Waals surface area contributed by atoms with Crippen LogP contribution >= 0.6 is 23.4 Å². The minimum absolute atomic E-state index is 0.0629. The Morgan fingerprint density at radius 2 is 1.74 bits per heavy atom. The molecule has 0 aliphatic heterocycles. The Balaban J connectivity index is 1.58. The molecule has 0 saturated heterocycles. The Hall–Kier alpha value is -3.63. The number of carbonyl (C=O) groups excluding carboxylic acids is 1. The summed E-state index contributed by atoms with van der Waals surface area (Å²) in [6.45, 7) is 2.01. The van der Waals surface area contributed by atoms with E-state index in [1.54, 1.807) is 12.1 Å². The van der Waals surface area contributed by atoms with Crippen LogP contribution in [0.5, 0.6) is 11.8 Å². The molecule has 1 amide bonds. The average molecular weight is 497 g/mol. The molecule has 0 radical (unpaired) electrons. The van der Waals surface area contributed by atoms with Gasteiger partial charge in [-0.2, -0.15) is 9.97 Å². The molecule has 0 unspecified atom stereocenters. The third-order valence-corrected chi connectivity index (χ3v) is 5.86. The summed E-state index contributed by atoms with van der Waals surface area (Å²) in [6, 6.07) is 16.9. The van der Waals surface area contributed by atoms with Crippen molar-refractivity contribution in [3.63, 3.8) is 0 Å². The van der Waals surface area contributed by atoms with E-state index < -0.39 is 0 Å². The van der Waals surface area contributed by atoms with E-state index in [1.165, 1.54) is 32.0 Å². The third kappa shape index (κ3) is 5.46. The summed E-state index contributed by atoms with van der Waals surface area (Å²) < 4.78 is 12.2. The molecule has 0 aliphatic rings. The van der Waals surface area contributed by atoms with Crippen molar-refractivity contribution in [3.05, 3.63) is 65.2 Å². The van der Waals surface area contributed by atoms with Crippen molar-refractivity contribution in [2.24, 2.45) is 0 Å². The summed E-state index contributed by atoms with van der Waals surface area (Å²) in [6.07, 6.45) is 0. The minimum Gasteiger partial charge on any atom is -0.481 e. The largest absolute Gasteiger partial charge is 0.481 e. The van der Waals surface area contributed by atoms with Gasteiger partial charge in [0.1, 0.15) is 0 Å². The summed E-state index contributed by atoms with van der Waals surface area (Å²) in [4.78, 5) is 20.9. The Morgan fingerprint density at radius 3 is 2.38 bits per heavy atom. The second-order valence-corrected chi connectivity index (χ2v) is 8.48. The zero-order chi connectivity index (χ0) is 24.1. The van der Waals surface area contributed by atoms with E-state index in [1.807, 2.05) is 47.9 Å². The lowest BCUT2D eigenvalue weighted by molar-refractivity contribution is -0.113. The number of aromatic nitrogens is 5. The van der Waals surface area contributed by atoms with Gasteiger partial charge in [0.25, 0.3) is 0 Å². The third-order valence-electron chi connectivity index (χ3n) is 4.68. The van der Waals surface area contributed by atoms with E-state index in [0.29, 0.717) is 16.0 Å². The Kier molecular flexibility index (Phi) is 7.29. The van der Waals surface area contributed by atoms with Gasteiger partial charge in [0.15, 0.2) is 11.0 Å². The van der Waals surface area contributed by atoms with Gasteiger partial charge >= 0.3 is 0 Å². The number of rotatable bonds is 8. The zero-order valence-electron chi connectivity index (χ0n) is 18.7. The van der Waals surface area contributed by atoms with E-state index in [4.69, 9.17) is 21.1 Å². The minimum atomic E-state index is -0.313. The van der Waals surface area contributed by atoms with Crippen molar-refractivity contribution in [1.29, 1.82) is 0 Å². The van der Waals surface area contributed by atoms with E-state index in [2.05, 4.69) is 25.5 Å². The molecule has 4 aromatic rings. The molecule has 0 aliphatic carbocycles. The fourth-order valence-corrected chi connectivity index (χ4v) is 3.99. The molecule has 34 heavy (non-hydrogen) atoms. The highest BCUT2D eigenvalue weighted by molar-refractivity contribution is 7.99. The van der Waals surface area contributed by atoms with Gasteiger partial charge in [-0.05, 0) is 48.9 Å². The molecule has 4 rings (SSSR count). The number of hydrogen-bond donors (Lipinski definition) is 1. The molecule has 174 valence electrons. The number of ether oxygens (including phenoxy) is 2. The number of nitrogens with zero attached hydrogens (tertiary/aromatic N) is 5. The maximum absolute atomic E-state index is 12.6. The predicted molar refractivity (Wildman–Crippen MR) is 131 cm³/mol. The van der Waals surface area contributed by atoms with Crippen LogP contribution in [-0.4, -0.2) is 50.6 Å². The van der Waals surface area contributed by atoms with Gasteiger partial charge in [-0.15, -0.1) is 10.2 Å². The molecule has 2 aromatic heterocycles. The van der Waals surface area contributed by atoms with Gasteiger partial charge in [0.2, 0.25) is 23.6 Å². The molecule has 2 heterocycles. The number of carbonyl (C=O) groups is 1. The first-order valence-electron chi connectivity index (χ1n) is 10.1. The smallest absolute Gasteiger partial charge is 0.237 e. The lowest BCUT2D eigenvalue weighted by Gasteiger charge is -2.11. The first-order chi connectivity index (χ1) is 16.5. The number of nitrogens with one attached hydrogen (secondary N) is 1. The number of thioether (sulfide) groups is 1. The van der Waals surface area contributed by atoms with Gasteiger partial charge in [-0.3, -0.25) is 14.7 Å². The number of hydrogen-bond acceptors (Lipinski definition) is 8. The van der Waals surface area contributed by atoms with Crippen LogP contribution in [0.1, 0.15) is 5.56 Å². The lowest BCUT2D eigenvalue weighted by Crippen LogP contribution is -2.17. The summed E-state index contributed by atoms with van der Waals surface area (Å²) in [5.41, 5.74) is 2.83. The van der Waals surface area contributed by atoms with E-state index in [9.17, 15) is 4.79 Å². The maximum atomic E-state index is 12.6. The molecule has 0 fully saturated rings. The number of aryl methyl sites for hydroxylation is 1. The topological polar surface area (TPSA) is 104 Å². The number of halogens is 1. The first kappa shape index (κ1) is 23.5. The molecular weight excluding hydrogens is 476 g/mol. The van der Waals surface area contributed by atoms with Gasteiger partial charge in [0.05, 0.1) is 26.0 Å². The van der Waals surface area contributed by atoms with Crippen molar-refractivity contribution in [2.45, 2.75) is 12.1 Å². The summed E-state index contributed by atoms with van der Waals surface area (Å²) in [5, 5.41) is 12.6. The predicted octanol–water partition coefficient (Wildman–Crippen LogP) is 4.43. The van der Waals surface area contributed by atoms with Crippen molar-refractivity contribution >= 4 is 35.2 Å². The Labute approximate surface area is 205 Å². The number of methoxy groups -OCH3 is 2. The fourth-order valence-electron chi connectivity index (χ4n) is 3.11. The molecule has 9 nitrogen and oxygen atoms in total. The van der Waals surface area contributed by atoms with Crippen LogP contribution in [0.25, 0.3) is 17.1 Å². The van der Waals surface area contributed by atoms with Crippen LogP contribution in [0.15, 0.2) is 59.8 Å². The van der Waals surface area contributed by atoms with Crippen molar-refractivity contribution in [2.75, 3.05) is 25.3 Å². The van der Waals surface area contributed by atoms with Gasteiger partial charge in [0, 0.05) is 16.3 Å². The second-order valence-electron chi connectivity index (χ2n) is 7.10. The van der Waals surface area contributed by atoms with Gasteiger partial charge in [-0.25, -0.2) is 0 Å². The Morgan fingerprint density at radius 1 is 1.03 bits per heavy atom. The van der Waals surface area contributed by atoms with Gasteiger partial charge in [-0.1, -0.05) is 35.5 Å². The van der Waals surface area contributed by atoms with Crippen LogP contribution in [0, 0.1) is 6.92 Å². The van der Waals surface area contributed by atoms with Crippen LogP contribution in [0.3, 0.4) is 0 Å². The first-order valence-corrected chi connectivity index (χ1v) is 11.5. The van der Waals surface area contributed by atoms with Crippen LogP contribution in [0.4, 0.5) is 5.95 Å². The lowest BCUT2D eigenvalue weighted by atomic mass is 10.2. The normalized spacial score (nSPS) is 10.7. The molecular formula is C23H21ClN6O3S. The number of anilines is 1. The van der Waals surface area contributed by atoms with Crippen molar-refractivity contribution in [3.8, 4) is 28.8 Å². The Bertz CT molecular complexity index is 1290. The molecule has 2 aromatic carbocycles. The van der Waals surface area contributed by atoms with Crippen molar-refractivity contribution < 1.29 is 14.3 Å². The number of amides is 1. The maximum Gasteiger partial charge on any atom is 0.237 e. The van der Waals surface area contributed by atoms with Crippen molar-refractivity contribution in [1.82, 2.24) is 24.7 Å². The highest BCUT2D eigenvalue weighted by atomic mass is 35.5. The summed E-state index contributed by atoms with van der Waals surface area (Å²) in [7, 11) is 2.94. The van der Waals surface area contributed by atoms with E-state index in [-0.39, 0.29) is 29.4 Å². The molecule has 11 heteroatoms. The van der Waals surface area contributed by atoms with Gasteiger partial charge < -0.3 is 9.47 Å². The summed E-state index contributed by atoms with van der Waals surface area (Å²) in [5.74, 6) is 1.04. The summed E-state index contributed by atoms with van der Waals surface area (Å²) >= 11 is 7.30. The monoisotopic (exact) mass is 496 g/mol. The van der Waals surface area contributed by atoms with Crippen LogP contribution in [0.2, 0.25) is 5.02 Å². The molecule has 0 atom stereocenters. The van der Waals surface area contributed by atoms with Crippen LogP contribution < -0.4 is 14.8 Å².